The summed E-state index contributed by atoms with van der Waals surface area (Å²) in [5.41, 5.74) is 0.531. The van der Waals surface area contributed by atoms with Crippen molar-refractivity contribution in [3.05, 3.63) is 59.4 Å². The highest BCUT2D eigenvalue weighted by atomic mass is 35.5. The molecule has 3 aromatic rings. The van der Waals surface area contributed by atoms with E-state index in [1.54, 1.807) is 19.1 Å². The standard InChI is InChI=1S/C17H15ClN4O5S/c1-10-15(20-9-27-10)16(23)21-13-7-14(17(26-2)19-8-13)28(24,25)22-12-5-3-11(18)4-6-12/h3-9,22H,1-2H3,(H,21,23). The smallest absolute Gasteiger partial charge is 0.277 e. The van der Waals surface area contributed by atoms with Crippen LogP contribution in [0.15, 0.2) is 52.2 Å². The average molecular weight is 423 g/mol. The van der Waals surface area contributed by atoms with Crippen molar-refractivity contribution in [1.29, 1.82) is 0 Å². The molecule has 2 heterocycles. The molecule has 3 rings (SSSR count). The Morgan fingerprint density at radius 1 is 1.18 bits per heavy atom. The van der Waals surface area contributed by atoms with Gasteiger partial charge in [-0.2, -0.15) is 0 Å². The summed E-state index contributed by atoms with van der Waals surface area (Å²) < 4.78 is 38.0. The van der Waals surface area contributed by atoms with Crippen LogP contribution in [0.3, 0.4) is 0 Å². The molecule has 0 unspecified atom stereocenters. The fraction of sp³-hybridized carbons (Fsp3) is 0.118. The molecule has 28 heavy (non-hydrogen) atoms. The van der Waals surface area contributed by atoms with E-state index < -0.39 is 15.9 Å². The van der Waals surface area contributed by atoms with E-state index in [1.807, 2.05) is 0 Å². The Hall–Kier alpha value is -3.11. The van der Waals surface area contributed by atoms with E-state index in [-0.39, 0.29) is 22.2 Å². The molecule has 0 radical (unpaired) electrons. The summed E-state index contributed by atoms with van der Waals surface area (Å²) in [6.07, 6.45) is 2.41. The van der Waals surface area contributed by atoms with E-state index >= 15 is 0 Å². The Kier molecular flexibility index (Phi) is 5.52. The summed E-state index contributed by atoms with van der Waals surface area (Å²) in [5.74, 6) is -0.361. The van der Waals surface area contributed by atoms with Crippen molar-refractivity contribution in [2.75, 3.05) is 17.1 Å². The van der Waals surface area contributed by atoms with Gasteiger partial charge < -0.3 is 14.5 Å². The number of benzene rings is 1. The molecule has 9 nitrogen and oxygen atoms in total. The van der Waals surface area contributed by atoms with E-state index in [1.165, 1.54) is 31.5 Å². The first kappa shape index (κ1) is 19.6. The number of sulfonamides is 1. The highest BCUT2D eigenvalue weighted by Gasteiger charge is 2.23. The lowest BCUT2D eigenvalue weighted by Gasteiger charge is -2.12. The van der Waals surface area contributed by atoms with Gasteiger partial charge in [-0.25, -0.2) is 18.4 Å². The molecule has 0 saturated carbocycles. The molecule has 0 spiro atoms. The zero-order valence-corrected chi connectivity index (χ0v) is 16.3. The zero-order valence-electron chi connectivity index (χ0n) is 14.8. The van der Waals surface area contributed by atoms with E-state index in [0.717, 1.165) is 6.39 Å². The van der Waals surface area contributed by atoms with E-state index in [0.29, 0.717) is 16.5 Å². The number of methoxy groups -OCH3 is 1. The highest BCUT2D eigenvalue weighted by molar-refractivity contribution is 7.92. The van der Waals surface area contributed by atoms with Crippen molar-refractivity contribution in [3.63, 3.8) is 0 Å². The zero-order chi connectivity index (χ0) is 20.3. The lowest BCUT2D eigenvalue weighted by atomic mass is 10.3. The molecule has 0 fully saturated rings. The minimum absolute atomic E-state index is 0.0829. The number of amides is 1. The number of carbonyl (C=O) groups excluding carboxylic acids is 1. The third-order valence-electron chi connectivity index (χ3n) is 3.62. The number of anilines is 2. The van der Waals surface area contributed by atoms with Gasteiger partial charge in [0.25, 0.3) is 15.9 Å². The van der Waals surface area contributed by atoms with Gasteiger partial charge in [-0.3, -0.25) is 9.52 Å². The number of aromatic nitrogens is 2. The van der Waals surface area contributed by atoms with Gasteiger partial charge in [0, 0.05) is 10.7 Å². The van der Waals surface area contributed by atoms with Crippen LogP contribution in [0.2, 0.25) is 5.02 Å². The SMILES string of the molecule is COc1ncc(NC(=O)c2ncoc2C)cc1S(=O)(=O)Nc1ccc(Cl)cc1. The van der Waals surface area contributed by atoms with Crippen molar-refractivity contribution in [3.8, 4) is 5.88 Å². The molecule has 0 saturated heterocycles. The molecule has 146 valence electrons. The second kappa shape index (κ2) is 7.87. The summed E-state index contributed by atoms with van der Waals surface area (Å²) in [7, 11) is -2.76. The number of oxazole rings is 1. The molecule has 0 atom stereocenters. The van der Waals surface area contributed by atoms with Gasteiger partial charge >= 0.3 is 0 Å². The van der Waals surface area contributed by atoms with Crippen LogP contribution in [-0.4, -0.2) is 31.4 Å². The van der Waals surface area contributed by atoms with Crippen molar-refractivity contribution < 1.29 is 22.4 Å². The van der Waals surface area contributed by atoms with Crippen molar-refractivity contribution in [2.24, 2.45) is 0 Å². The molecular formula is C17H15ClN4O5S. The highest BCUT2D eigenvalue weighted by Crippen LogP contribution is 2.27. The maximum atomic E-state index is 12.8. The van der Waals surface area contributed by atoms with E-state index in [9.17, 15) is 13.2 Å². The van der Waals surface area contributed by atoms with Gasteiger partial charge in [-0.15, -0.1) is 0 Å². The van der Waals surface area contributed by atoms with Crippen LogP contribution < -0.4 is 14.8 Å². The molecule has 1 aromatic carbocycles. The lowest BCUT2D eigenvalue weighted by molar-refractivity contribution is 0.102. The largest absolute Gasteiger partial charge is 0.480 e. The Balaban J connectivity index is 1.91. The minimum atomic E-state index is -4.06. The summed E-state index contributed by atoms with van der Waals surface area (Å²) >= 11 is 5.81. The molecule has 0 aliphatic rings. The van der Waals surface area contributed by atoms with Crippen LogP contribution >= 0.6 is 11.6 Å². The second-order valence-corrected chi connectivity index (χ2v) is 7.64. The van der Waals surface area contributed by atoms with Crippen LogP contribution in [0.5, 0.6) is 5.88 Å². The summed E-state index contributed by atoms with van der Waals surface area (Å²) in [5, 5.41) is 3.00. The number of rotatable bonds is 6. The van der Waals surface area contributed by atoms with Crippen molar-refractivity contribution in [1.82, 2.24) is 9.97 Å². The van der Waals surface area contributed by atoms with Gasteiger partial charge in [0.2, 0.25) is 5.88 Å². The number of ether oxygens (including phenoxy) is 1. The van der Waals surface area contributed by atoms with E-state index in [4.69, 9.17) is 20.8 Å². The molecule has 2 aromatic heterocycles. The summed E-state index contributed by atoms with van der Waals surface area (Å²) in [4.78, 5) is 19.8. The van der Waals surface area contributed by atoms with Crippen LogP contribution in [0.4, 0.5) is 11.4 Å². The average Bonchev–Trinajstić information content (AvgIpc) is 3.09. The molecule has 1 amide bonds. The Morgan fingerprint density at radius 3 is 2.50 bits per heavy atom. The maximum Gasteiger partial charge on any atom is 0.277 e. The number of hydrogen-bond donors (Lipinski definition) is 2. The number of nitrogens with one attached hydrogen (secondary N) is 2. The molecule has 0 aliphatic heterocycles. The molecular weight excluding hydrogens is 408 g/mol. The summed E-state index contributed by atoms with van der Waals surface area (Å²) in [6.45, 7) is 1.58. The predicted octanol–water partition coefficient (Wildman–Crippen LogP) is 3.09. The quantitative estimate of drug-likeness (QED) is 0.625. The van der Waals surface area contributed by atoms with Gasteiger partial charge in [0.1, 0.15) is 5.76 Å². The van der Waals surface area contributed by atoms with Crippen molar-refractivity contribution >= 4 is 38.9 Å². The topological polar surface area (TPSA) is 123 Å². The fourth-order valence-corrected chi connectivity index (χ4v) is 3.62. The van der Waals surface area contributed by atoms with E-state index in [2.05, 4.69) is 20.0 Å². The van der Waals surface area contributed by atoms with Gasteiger partial charge in [-0.05, 0) is 37.3 Å². The monoisotopic (exact) mass is 422 g/mol. The number of carbonyl (C=O) groups is 1. The number of hydrogen-bond acceptors (Lipinski definition) is 7. The predicted molar refractivity (Wildman–Crippen MR) is 102 cm³/mol. The number of nitrogens with zero attached hydrogens (tertiary/aromatic N) is 2. The van der Waals surface area contributed by atoms with Gasteiger partial charge in [0.15, 0.2) is 17.0 Å². The number of pyridine rings is 1. The van der Waals surface area contributed by atoms with Crippen LogP contribution in [0.25, 0.3) is 0 Å². The Labute approximate surface area is 165 Å². The Bertz CT molecular complexity index is 1110. The van der Waals surface area contributed by atoms with Crippen molar-refractivity contribution in [2.45, 2.75) is 11.8 Å². The number of aryl methyl sites for hydroxylation is 1. The lowest BCUT2D eigenvalue weighted by Crippen LogP contribution is -2.17. The van der Waals surface area contributed by atoms with Crippen LogP contribution in [0.1, 0.15) is 16.2 Å². The maximum absolute atomic E-state index is 12.8. The first-order valence-electron chi connectivity index (χ1n) is 7.84. The van der Waals surface area contributed by atoms with Crippen LogP contribution in [0, 0.1) is 6.92 Å². The molecule has 11 heteroatoms. The normalized spacial score (nSPS) is 11.1. The molecule has 2 N–H and O–H groups in total. The second-order valence-electron chi connectivity index (χ2n) is 5.56. The van der Waals surface area contributed by atoms with Gasteiger partial charge in [-0.1, -0.05) is 11.6 Å². The molecule has 0 aliphatic carbocycles. The fourth-order valence-electron chi connectivity index (χ4n) is 2.29. The molecule has 0 bridgehead atoms. The first-order valence-corrected chi connectivity index (χ1v) is 9.70. The number of halogens is 1. The Morgan fingerprint density at radius 2 is 1.89 bits per heavy atom. The third kappa shape index (κ3) is 4.24. The minimum Gasteiger partial charge on any atom is -0.480 e. The summed E-state index contributed by atoms with van der Waals surface area (Å²) in [6, 6.07) is 7.35. The van der Waals surface area contributed by atoms with Gasteiger partial charge in [0.05, 0.1) is 19.0 Å². The first-order chi connectivity index (χ1) is 13.3. The third-order valence-corrected chi connectivity index (χ3v) is 5.24. The van der Waals surface area contributed by atoms with Crippen LogP contribution in [-0.2, 0) is 10.0 Å².